The van der Waals surface area contributed by atoms with Crippen molar-refractivity contribution in [2.45, 2.75) is 40.0 Å². The van der Waals surface area contributed by atoms with Crippen LogP contribution in [0.1, 0.15) is 59.2 Å². The molecule has 1 heterocycles. The molecule has 0 radical (unpaired) electrons. The number of nitrogens with zero attached hydrogens (tertiary/aromatic N) is 1. The van der Waals surface area contributed by atoms with Crippen LogP contribution in [0.2, 0.25) is 5.02 Å². The highest BCUT2D eigenvalue weighted by Crippen LogP contribution is 2.30. The molecule has 1 aromatic heterocycles. The van der Waals surface area contributed by atoms with Gasteiger partial charge >= 0.3 is 0 Å². The monoisotopic (exact) mass is 441 g/mol. The summed E-state index contributed by atoms with van der Waals surface area (Å²) in [7, 11) is 0. The molecule has 2 aromatic carbocycles. The van der Waals surface area contributed by atoms with E-state index in [0.717, 1.165) is 17.5 Å². The molecule has 0 saturated heterocycles. The Morgan fingerprint density at radius 1 is 1.03 bits per heavy atom. The van der Waals surface area contributed by atoms with E-state index in [4.69, 9.17) is 11.6 Å². The lowest BCUT2D eigenvalue weighted by atomic mass is 10.0. The molecule has 0 saturated carbocycles. The first kappa shape index (κ1) is 22.7. The van der Waals surface area contributed by atoms with E-state index < -0.39 is 17.6 Å². The summed E-state index contributed by atoms with van der Waals surface area (Å²) in [6.45, 7) is 6.33. The predicted molar refractivity (Wildman–Crippen MR) is 122 cm³/mol. The maximum atomic E-state index is 13.7. The summed E-state index contributed by atoms with van der Waals surface area (Å²) in [4.78, 5) is 30.4. The van der Waals surface area contributed by atoms with Crippen molar-refractivity contribution in [1.82, 2.24) is 10.3 Å². The molecule has 31 heavy (non-hydrogen) atoms. The van der Waals surface area contributed by atoms with Gasteiger partial charge in [-0.2, -0.15) is 0 Å². The summed E-state index contributed by atoms with van der Waals surface area (Å²) in [5, 5.41) is 6.83. The van der Waals surface area contributed by atoms with E-state index in [0.29, 0.717) is 41.0 Å². The molecule has 2 N–H and O–H groups in total. The largest absolute Gasteiger partial charge is 0.351 e. The highest BCUT2D eigenvalue weighted by molar-refractivity contribution is 6.32. The number of fused-ring (bicyclic) bond motifs is 1. The van der Waals surface area contributed by atoms with Crippen LogP contribution < -0.4 is 10.6 Å². The summed E-state index contributed by atoms with van der Waals surface area (Å²) >= 11 is 6.36. The minimum absolute atomic E-state index is 0.0397. The summed E-state index contributed by atoms with van der Waals surface area (Å²) in [5.74, 6) is -1.40. The number of benzene rings is 2. The number of amides is 2. The highest BCUT2D eigenvalue weighted by Gasteiger charge is 2.22. The highest BCUT2D eigenvalue weighted by atomic mass is 35.5. The van der Waals surface area contributed by atoms with Gasteiger partial charge in [-0.1, -0.05) is 38.4 Å². The second kappa shape index (κ2) is 9.88. The van der Waals surface area contributed by atoms with Crippen molar-refractivity contribution >= 4 is 40.0 Å². The first-order chi connectivity index (χ1) is 14.9. The van der Waals surface area contributed by atoms with Gasteiger partial charge in [0.25, 0.3) is 11.8 Å². The van der Waals surface area contributed by atoms with Gasteiger partial charge in [-0.25, -0.2) is 9.37 Å². The molecule has 162 valence electrons. The van der Waals surface area contributed by atoms with E-state index in [1.807, 2.05) is 32.9 Å². The number of aromatic nitrogens is 1. The number of nitrogens with one attached hydrogen (secondary N) is 2. The Morgan fingerprint density at radius 3 is 2.48 bits per heavy atom. The van der Waals surface area contributed by atoms with E-state index in [1.54, 1.807) is 6.07 Å². The van der Waals surface area contributed by atoms with E-state index >= 15 is 0 Å². The summed E-state index contributed by atoms with van der Waals surface area (Å²) < 4.78 is 13.7. The first-order valence-electron chi connectivity index (χ1n) is 10.4. The number of pyridine rings is 1. The van der Waals surface area contributed by atoms with E-state index in [2.05, 4.69) is 15.6 Å². The molecular weight excluding hydrogens is 417 g/mol. The van der Waals surface area contributed by atoms with Crippen LogP contribution in [0.4, 0.5) is 10.1 Å². The fourth-order valence-electron chi connectivity index (χ4n) is 3.46. The molecule has 7 heteroatoms. The molecule has 3 aromatic rings. The quantitative estimate of drug-likeness (QED) is 0.505. The number of rotatable bonds is 7. The maximum absolute atomic E-state index is 13.7. The van der Waals surface area contributed by atoms with E-state index in [1.165, 1.54) is 18.2 Å². The van der Waals surface area contributed by atoms with Crippen molar-refractivity contribution in [3.8, 4) is 0 Å². The van der Waals surface area contributed by atoms with Gasteiger partial charge in [-0.15, -0.1) is 0 Å². The Labute approximate surface area is 186 Å². The van der Waals surface area contributed by atoms with E-state index in [9.17, 15) is 14.0 Å². The molecule has 3 rings (SSSR count). The minimum atomic E-state index is -0.476. The normalized spacial score (nSPS) is 10.9. The van der Waals surface area contributed by atoms with Crippen molar-refractivity contribution in [3.63, 3.8) is 0 Å². The van der Waals surface area contributed by atoms with Gasteiger partial charge in [0.05, 0.1) is 11.1 Å². The van der Waals surface area contributed by atoms with Gasteiger partial charge in [-0.05, 0) is 54.7 Å². The maximum Gasteiger partial charge on any atom is 0.270 e. The molecule has 0 unspecified atom stereocenters. The number of anilines is 1. The average Bonchev–Trinajstić information content (AvgIpc) is 2.76. The number of halogens is 2. The number of carbonyl (C=O) groups is 2. The SMILES string of the molecule is CCCNC(=O)c1nc2cc(F)ccc2cc1C(=O)Nc1c(CC)ccc(Cl)c1CC. The lowest BCUT2D eigenvalue weighted by Gasteiger charge is -2.17. The Hall–Kier alpha value is -2.99. The summed E-state index contributed by atoms with van der Waals surface area (Å²) in [6, 6.07) is 9.35. The second-order valence-electron chi connectivity index (χ2n) is 7.20. The van der Waals surface area contributed by atoms with Gasteiger partial charge < -0.3 is 10.6 Å². The Kier molecular flexibility index (Phi) is 7.23. The van der Waals surface area contributed by atoms with Crippen LogP contribution in [0.5, 0.6) is 0 Å². The van der Waals surface area contributed by atoms with Crippen molar-refractivity contribution in [2.24, 2.45) is 0 Å². The Morgan fingerprint density at radius 2 is 1.81 bits per heavy atom. The van der Waals surface area contributed by atoms with Crippen LogP contribution in [-0.4, -0.2) is 23.3 Å². The van der Waals surface area contributed by atoms with Crippen molar-refractivity contribution in [3.05, 3.63) is 69.6 Å². The Balaban J connectivity index is 2.11. The third-order valence-corrected chi connectivity index (χ3v) is 5.44. The van der Waals surface area contributed by atoms with Crippen LogP contribution in [0.3, 0.4) is 0 Å². The third kappa shape index (κ3) is 4.85. The molecule has 0 atom stereocenters. The van der Waals surface area contributed by atoms with Crippen LogP contribution in [0.25, 0.3) is 10.9 Å². The van der Waals surface area contributed by atoms with Crippen molar-refractivity contribution < 1.29 is 14.0 Å². The van der Waals surface area contributed by atoms with Crippen molar-refractivity contribution in [2.75, 3.05) is 11.9 Å². The fourth-order valence-corrected chi connectivity index (χ4v) is 3.75. The standard InChI is InChI=1S/C24H25ClFN3O2/c1-4-11-27-24(31)22-18(12-15-7-9-16(26)13-20(15)28-22)23(30)29-21-14(5-2)8-10-19(25)17(21)6-3/h7-10,12-13H,4-6,11H2,1-3H3,(H,27,31)(H,29,30). The fraction of sp³-hybridized carbons (Fsp3) is 0.292. The first-order valence-corrected chi connectivity index (χ1v) is 10.8. The topological polar surface area (TPSA) is 71.1 Å². The molecule has 0 fully saturated rings. The second-order valence-corrected chi connectivity index (χ2v) is 7.61. The number of hydrogen-bond acceptors (Lipinski definition) is 3. The van der Waals surface area contributed by atoms with E-state index in [-0.39, 0.29) is 11.3 Å². The van der Waals surface area contributed by atoms with Gasteiger partial charge in [0.1, 0.15) is 11.5 Å². The number of aryl methyl sites for hydroxylation is 1. The zero-order chi connectivity index (χ0) is 22.5. The lowest BCUT2D eigenvalue weighted by molar-refractivity contribution is 0.0935. The van der Waals surface area contributed by atoms with Gasteiger partial charge in [0, 0.05) is 28.7 Å². The van der Waals surface area contributed by atoms with Gasteiger partial charge in [-0.3, -0.25) is 9.59 Å². The molecule has 2 amide bonds. The molecular formula is C24H25ClFN3O2. The van der Waals surface area contributed by atoms with Crippen LogP contribution in [-0.2, 0) is 12.8 Å². The van der Waals surface area contributed by atoms with Gasteiger partial charge in [0.15, 0.2) is 0 Å². The molecule has 5 nitrogen and oxygen atoms in total. The minimum Gasteiger partial charge on any atom is -0.351 e. The number of carbonyl (C=O) groups excluding carboxylic acids is 2. The van der Waals surface area contributed by atoms with Gasteiger partial charge in [0.2, 0.25) is 0 Å². The molecule has 0 aliphatic rings. The van der Waals surface area contributed by atoms with Crippen LogP contribution in [0.15, 0.2) is 36.4 Å². The molecule has 0 aliphatic heterocycles. The smallest absolute Gasteiger partial charge is 0.270 e. The molecule has 0 bridgehead atoms. The zero-order valence-corrected chi connectivity index (χ0v) is 18.6. The molecule has 0 spiro atoms. The zero-order valence-electron chi connectivity index (χ0n) is 17.8. The molecule has 0 aliphatic carbocycles. The van der Waals surface area contributed by atoms with Crippen LogP contribution in [0, 0.1) is 5.82 Å². The predicted octanol–water partition coefficient (Wildman–Crippen LogP) is 5.54. The third-order valence-electron chi connectivity index (χ3n) is 5.09. The lowest BCUT2D eigenvalue weighted by Crippen LogP contribution is -2.28. The average molecular weight is 442 g/mol. The summed E-state index contributed by atoms with van der Waals surface area (Å²) in [5.41, 5.74) is 2.83. The van der Waals surface area contributed by atoms with Crippen molar-refractivity contribution in [1.29, 1.82) is 0 Å². The Bertz CT molecular complexity index is 1150. The number of hydrogen-bond donors (Lipinski definition) is 2. The van der Waals surface area contributed by atoms with Crippen LogP contribution >= 0.6 is 11.6 Å². The summed E-state index contributed by atoms with van der Waals surface area (Å²) in [6.07, 6.45) is 2.08.